The largest absolute Gasteiger partial charge is 0.496 e. The summed E-state index contributed by atoms with van der Waals surface area (Å²) in [6.45, 7) is 4.22. The summed E-state index contributed by atoms with van der Waals surface area (Å²) in [5.74, 6) is 0.810. The number of rotatable bonds is 4. The lowest BCUT2D eigenvalue weighted by molar-refractivity contribution is -0.118. The third-order valence-corrected chi connectivity index (χ3v) is 3.76. The van der Waals surface area contributed by atoms with Gasteiger partial charge < -0.3 is 15.0 Å². The normalized spacial score (nSPS) is 10.7. The predicted molar refractivity (Wildman–Crippen MR) is 79.7 cm³/mol. The molecule has 102 valence electrons. The Kier molecular flexibility index (Phi) is 4.14. The fourth-order valence-corrected chi connectivity index (χ4v) is 2.73. The number of carbonyl (C=O) groups is 1. The zero-order valence-corrected chi connectivity index (χ0v) is 12.8. The number of fused-ring (bicyclic) bond motifs is 1. The topological polar surface area (TPSA) is 54.1 Å². The molecular formula is C14H17BrN2O2. The minimum atomic E-state index is -0.00202. The molecule has 0 unspecified atom stereocenters. The Hall–Kier alpha value is -1.49. The van der Waals surface area contributed by atoms with Gasteiger partial charge in [0.25, 0.3) is 0 Å². The average molecular weight is 325 g/mol. The molecule has 0 bridgehead atoms. The van der Waals surface area contributed by atoms with Crippen LogP contribution in [0.15, 0.2) is 16.6 Å². The molecule has 0 aliphatic heterocycles. The highest BCUT2D eigenvalue weighted by Crippen LogP contribution is 2.33. The van der Waals surface area contributed by atoms with E-state index in [0.717, 1.165) is 33.2 Å². The van der Waals surface area contributed by atoms with Crippen LogP contribution < -0.4 is 10.1 Å². The van der Waals surface area contributed by atoms with Crippen LogP contribution in [0.1, 0.15) is 18.2 Å². The quantitative estimate of drug-likeness (QED) is 0.908. The molecular weight excluding hydrogens is 308 g/mol. The van der Waals surface area contributed by atoms with Gasteiger partial charge in [0.2, 0.25) is 5.91 Å². The van der Waals surface area contributed by atoms with Crippen molar-refractivity contribution >= 4 is 32.7 Å². The molecule has 0 spiro atoms. The van der Waals surface area contributed by atoms with Crippen LogP contribution in [-0.2, 0) is 11.2 Å². The summed E-state index contributed by atoms with van der Waals surface area (Å²) in [5, 5.41) is 3.96. The van der Waals surface area contributed by atoms with Crippen molar-refractivity contribution in [2.75, 3.05) is 13.7 Å². The predicted octanol–water partition coefficient (Wildman–Crippen LogP) is 2.93. The van der Waals surface area contributed by atoms with Crippen molar-refractivity contribution < 1.29 is 9.53 Å². The zero-order chi connectivity index (χ0) is 14.0. The van der Waals surface area contributed by atoms with E-state index >= 15 is 0 Å². The number of hydrogen-bond acceptors (Lipinski definition) is 2. The number of carbonyl (C=O) groups excluding carboxylic acids is 1. The summed E-state index contributed by atoms with van der Waals surface area (Å²) in [7, 11) is 1.66. The first-order valence-corrected chi connectivity index (χ1v) is 6.91. The second-order valence-electron chi connectivity index (χ2n) is 4.49. The van der Waals surface area contributed by atoms with Gasteiger partial charge >= 0.3 is 0 Å². The van der Waals surface area contributed by atoms with Crippen LogP contribution in [-0.4, -0.2) is 24.5 Å². The molecule has 1 aromatic heterocycles. The van der Waals surface area contributed by atoms with Crippen molar-refractivity contribution in [2.24, 2.45) is 0 Å². The fraction of sp³-hybridized carbons (Fsp3) is 0.357. The van der Waals surface area contributed by atoms with Crippen molar-refractivity contribution in [1.29, 1.82) is 0 Å². The lowest BCUT2D eigenvalue weighted by Gasteiger charge is -2.05. The maximum atomic E-state index is 10.9. The molecule has 1 aromatic carbocycles. The van der Waals surface area contributed by atoms with Crippen LogP contribution in [0.4, 0.5) is 0 Å². The Morgan fingerprint density at radius 1 is 1.47 bits per heavy atom. The zero-order valence-electron chi connectivity index (χ0n) is 11.3. The number of H-pyrrole nitrogens is 1. The molecule has 1 amide bonds. The van der Waals surface area contributed by atoms with E-state index < -0.39 is 0 Å². The highest BCUT2D eigenvalue weighted by Gasteiger charge is 2.11. The smallest absolute Gasteiger partial charge is 0.216 e. The average Bonchev–Trinajstić information content (AvgIpc) is 2.63. The van der Waals surface area contributed by atoms with E-state index in [0.29, 0.717) is 6.54 Å². The number of ether oxygens (including phenoxy) is 1. The number of benzene rings is 1. The number of aromatic amines is 1. The molecule has 19 heavy (non-hydrogen) atoms. The van der Waals surface area contributed by atoms with Crippen LogP contribution in [0.2, 0.25) is 0 Å². The summed E-state index contributed by atoms with van der Waals surface area (Å²) >= 11 is 3.48. The molecule has 5 heteroatoms. The molecule has 2 N–H and O–H groups in total. The number of nitrogens with one attached hydrogen (secondary N) is 2. The molecule has 0 radical (unpaired) electrons. The van der Waals surface area contributed by atoms with E-state index in [4.69, 9.17) is 4.74 Å². The first kappa shape index (κ1) is 13.9. The third kappa shape index (κ3) is 2.92. The van der Waals surface area contributed by atoms with Crippen LogP contribution in [0, 0.1) is 6.92 Å². The summed E-state index contributed by atoms with van der Waals surface area (Å²) in [6.07, 6.45) is 0.802. The molecule has 1 heterocycles. The number of aryl methyl sites for hydroxylation is 1. The number of hydrogen-bond donors (Lipinski definition) is 2. The van der Waals surface area contributed by atoms with Gasteiger partial charge in [-0.05, 0) is 47.0 Å². The Labute approximate surface area is 120 Å². The van der Waals surface area contributed by atoms with Gasteiger partial charge in [-0.25, -0.2) is 0 Å². The van der Waals surface area contributed by atoms with Crippen molar-refractivity contribution in [3.05, 3.63) is 27.9 Å². The number of aromatic nitrogens is 1. The van der Waals surface area contributed by atoms with Gasteiger partial charge in [-0.3, -0.25) is 4.79 Å². The molecule has 0 aliphatic carbocycles. The Bertz CT molecular complexity index is 619. The third-order valence-electron chi connectivity index (χ3n) is 3.14. The molecule has 4 nitrogen and oxygen atoms in total. The van der Waals surface area contributed by atoms with Gasteiger partial charge in [0, 0.05) is 30.1 Å². The lowest BCUT2D eigenvalue weighted by Crippen LogP contribution is -2.22. The van der Waals surface area contributed by atoms with Crippen LogP contribution in [0.25, 0.3) is 10.9 Å². The van der Waals surface area contributed by atoms with E-state index in [2.05, 4.69) is 26.2 Å². The number of amides is 1. The second kappa shape index (κ2) is 5.65. The molecule has 0 atom stereocenters. The summed E-state index contributed by atoms with van der Waals surface area (Å²) in [4.78, 5) is 14.3. The monoisotopic (exact) mass is 324 g/mol. The molecule has 0 aliphatic rings. The molecule has 0 fully saturated rings. The van der Waals surface area contributed by atoms with E-state index in [1.807, 2.05) is 19.1 Å². The van der Waals surface area contributed by atoms with Gasteiger partial charge in [0.05, 0.1) is 11.6 Å². The summed E-state index contributed by atoms with van der Waals surface area (Å²) < 4.78 is 6.26. The SMILES string of the molecule is COc1cc2c(CCNC(C)=O)c(C)[nH]c2cc1Br. The standard InChI is InChI=1S/C14H17BrN2O2/c1-8-10(4-5-16-9(2)18)11-6-14(19-3)12(15)7-13(11)17-8/h6-7,17H,4-5H2,1-3H3,(H,16,18). The number of halogens is 1. The molecule has 2 aromatic rings. The Morgan fingerprint density at radius 3 is 2.84 bits per heavy atom. The maximum absolute atomic E-state index is 10.9. The van der Waals surface area contributed by atoms with Gasteiger partial charge in [-0.15, -0.1) is 0 Å². The highest BCUT2D eigenvalue weighted by atomic mass is 79.9. The van der Waals surface area contributed by atoms with Crippen LogP contribution in [0.5, 0.6) is 5.75 Å². The molecule has 0 saturated carbocycles. The van der Waals surface area contributed by atoms with E-state index in [-0.39, 0.29) is 5.91 Å². The van der Waals surface area contributed by atoms with Crippen LogP contribution in [0.3, 0.4) is 0 Å². The summed E-state index contributed by atoms with van der Waals surface area (Å²) in [6, 6.07) is 4.04. The first-order valence-electron chi connectivity index (χ1n) is 6.12. The molecule has 2 rings (SSSR count). The van der Waals surface area contributed by atoms with Crippen molar-refractivity contribution in [3.63, 3.8) is 0 Å². The van der Waals surface area contributed by atoms with Crippen molar-refractivity contribution in [1.82, 2.24) is 10.3 Å². The lowest BCUT2D eigenvalue weighted by atomic mass is 10.1. The highest BCUT2D eigenvalue weighted by molar-refractivity contribution is 9.10. The minimum Gasteiger partial charge on any atom is -0.496 e. The van der Waals surface area contributed by atoms with Gasteiger partial charge in [-0.2, -0.15) is 0 Å². The van der Waals surface area contributed by atoms with E-state index in [1.54, 1.807) is 7.11 Å². The molecule has 0 saturated heterocycles. The Morgan fingerprint density at radius 2 is 2.21 bits per heavy atom. The Balaban J connectivity index is 2.36. The van der Waals surface area contributed by atoms with Gasteiger partial charge in [0.15, 0.2) is 0 Å². The van der Waals surface area contributed by atoms with Gasteiger partial charge in [0.1, 0.15) is 5.75 Å². The van der Waals surface area contributed by atoms with E-state index in [9.17, 15) is 4.79 Å². The fourth-order valence-electron chi connectivity index (χ4n) is 2.23. The second-order valence-corrected chi connectivity index (χ2v) is 5.35. The van der Waals surface area contributed by atoms with E-state index in [1.165, 1.54) is 12.5 Å². The first-order chi connectivity index (χ1) is 9.02. The maximum Gasteiger partial charge on any atom is 0.216 e. The van der Waals surface area contributed by atoms with Crippen molar-refractivity contribution in [2.45, 2.75) is 20.3 Å². The minimum absolute atomic E-state index is 0.00202. The summed E-state index contributed by atoms with van der Waals surface area (Å²) in [5.41, 5.74) is 3.41. The number of methoxy groups -OCH3 is 1. The van der Waals surface area contributed by atoms with Crippen LogP contribution >= 0.6 is 15.9 Å². The van der Waals surface area contributed by atoms with Crippen molar-refractivity contribution in [3.8, 4) is 5.75 Å². The van der Waals surface area contributed by atoms with Gasteiger partial charge in [-0.1, -0.05) is 0 Å².